The van der Waals surface area contributed by atoms with Crippen LogP contribution in [0.4, 0.5) is 0 Å². The molecular weight excluding hydrogens is 414 g/mol. The summed E-state index contributed by atoms with van der Waals surface area (Å²) in [6, 6.07) is 26.1. The van der Waals surface area contributed by atoms with Gasteiger partial charge < -0.3 is 19.7 Å². The van der Waals surface area contributed by atoms with Gasteiger partial charge in [-0.2, -0.15) is 0 Å². The Morgan fingerprint density at radius 1 is 0.788 bits per heavy atom. The smallest absolute Gasteiger partial charge is 0.198 e. The quantitative estimate of drug-likeness (QED) is 0.383. The molecule has 0 spiro atoms. The third-order valence-electron chi connectivity index (χ3n) is 6.67. The summed E-state index contributed by atoms with van der Waals surface area (Å²) in [5.41, 5.74) is 0.0310. The highest BCUT2D eigenvalue weighted by Gasteiger charge is 2.52. The topological polar surface area (TPSA) is 86.7 Å². The first-order chi connectivity index (χ1) is 16.0. The summed E-state index contributed by atoms with van der Waals surface area (Å²) in [6.45, 7) is 0. The van der Waals surface area contributed by atoms with E-state index in [4.69, 9.17) is 9.40 Å². The van der Waals surface area contributed by atoms with E-state index >= 15 is 0 Å². The summed E-state index contributed by atoms with van der Waals surface area (Å²) in [5, 5.41) is 33.5. The number of rotatable bonds is 5. The average Bonchev–Trinajstić information content (AvgIpc) is 3.26. The molecule has 5 nitrogen and oxygen atoms in total. The molecule has 1 fully saturated rings. The largest absolute Gasteiger partial charge is 0.508 e. The monoisotopic (exact) mass is 441 g/mol. The third-order valence-corrected chi connectivity index (χ3v) is 6.67. The average molecular weight is 442 g/mol. The zero-order valence-electron chi connectivity index (χ0n) is 18.3. The van der Waals surface area contributed by atoms with Gasteiger partial charge in [0.25, 0.3) is 0 Å². The molecule has 5 heteroatoms. The highest BCUT2D eigenvalue weighted by atomic mass is 16.4. The molecule has 33 heavy (non-hydrogen) atoms. The molecule has 4 aromatic rings. The van der Waals surface area contributed by atoms with Crippen LogP contribution in [0.3, 0.4) is 0 Å². The van der Waals surface area contributed by atoms with E-state index in [2.05, 4.69) is 0 Å². The second-order valence-corrected chi connectivity index (χ2v) is 8.84. The van der Waals surface area contributed by atoms with E-state index in [0.717, 1.165) is 24.0 Å². The van der Waals surface area contributed by atoms with Gasteiger partial charge in [-0.1, -0.05) is 85.6 Å². The maximum Gasteiger partial charge on any atom is 0.198 e. The molecule has 0 bridgehead atoms. The Labute approximate surface area is 193 Å². The fourth-order valence-corrected chi connectivity index (χ4v) is 4.92. The molecular formula is C28H27NO4. The second kappa shape index (κ2) is 8.50. The van der Waals surface area contributed by atoms with Crippen LogP contribution in [-0.2, 0) is 12.0 Å². The maximum atomic E-state index is 11.8. The van der Waals surface area contributed by atoms with Crippen molar-refractivity contribution in [2.45, 2.75) is 43.3 Å². The molecule has 5 rings (SSSR count). The first kappa shape index (κ1) is 21.4. The SMILES string of the molecule is Oc1cccc(C2(O)CCCCC2(O)Cc2nc(-c3ccccc3)c(-c3ccccc3)o2)c1. The lowest BCUT2D eigenvalue weighted by Crippen LogP contribution is -2.55. The minimum absolute atomic E-state index is 0.0581. The van der Waals surface area contributed by atoms with E-state index in [0.29, 0.717) is 35.7 Å². The van der Waals surface area contributed by atoms with E-state index in [1.54, 1.807) is 18.2 Å². The number of phenols is 1. The van der Waals surface area contributed by atoms with Crippen molar-refractivity contribution < 1.29 is 19.7 Å². The molecule has 1 saturated carbocycles. The van der Waals surface area contributed by atoms with Crippen molar-refractivity contribution in [3.05, 3.63) is 96.4 Å². The number of phenolic OH excluding ortho intramolecular Hbond substituents is 1. The molecule has 0 radical (unpaired) electrons. The van der Waals surface area contributed by atoms with Gasteiger partial charge in [0.05, 0.1) is 6.42 Å². The molecule has 3 aromatic carbocycles. The first-order valence-corrected chi connectivity index (χ1v) is 11.3. The fourth-order valence-electron chi connectivity index (χ4n) is 4.92. The van der Waals surface area contributed by atoms with Crippen LogP contribution in [0.25, 0.3) is 22.6 Å². The van der Waals surface area contributed by atoms with Crippen LogP contribution in [-0.4, -0.2) is 25.9 Å². The standard InChI is InChI=1S/C28H27NO4/c30-23-15-9-14-22(18-23)28(32)17-8-7-16-27(28,31)19-24-29-25(20-10-3-1-4-11-20)26(33-24)21-12-5-2-6-13-21/h1-6,9-15,18,30-32H,7-8,16-17,19H2. The Morgan fingerprint density at radius 2 is 1.45 bits per heavy atom. The van der Waals surface area contributed by atoms with Crippen molar-refractivity contribution in [2.24, 2.45) is 0 Å². The summed E-state index contributed by atoms with van der Waals surface area (Å²) < 4.78 is 6.24. The van der Waals surface area contributed by atoms with Gasteiger partial charge in [-0.25, -0.2) is 4.98 Å². The first-order valence-electron chi connectivity index (χ1n) is 11.3. The lowest BCUT2D eigenvalue weighted by molar-refractivity contribution is -0.183. The van der Waals surface area contributed by atoms with E-state index < -0.39 is 11.2 Å². The van der Waals surface area contributed by atoms with E-state index in [1.165, 1.54) is 6.07 Å². The molecule has 3 N–H and O–H groups in total. The van der Waals surface area contributed by atoms with Gasteiger partial charge in [0.15, 0.2) is 11.7 Å². The molecule has 1 aliphatic rings. The summed E-state index contributed by atoms with van der Waals surface area (Å²) in [6.07, 6.45) is 2.43. The van der Waals surface area contributed by atoms with E-state index in [1.807, 2.05) is 60.7 Å². The summed E-state index contributed by atoms with van der Waals surface area (Å²) >= 11 is 0. The number of benzene rings is 3. The number of aromatic nitrogens is 1. The molecule has 0 aliphatic heterocycles. The van der Waals surface area contributed by atoms with Crippen molar-refractivity contribution in [2.75, 3.05) is 0 Å². The number of oxazole rings is 1. The Balaban J connectivity index is 1.57. The molecule has 2 unspecified atom stereocenters. The lowest BCUT2D eigenvalue weighted by atomic mass is 9.66. The maximum absolute atomic E-state index is 11.8. The minimum atomic E-state index is -1.52. The molecule has 1 heterocycles. The predicted octanol–water partition coefficient (Wildman–Crippen LogP) is 5.45. The predicted molar refractivity (Wildman–Crippen MR) is 127 cm³/mol. The van der Waals surface area contributed by atoms with Gasteiger partial charge in [-0.3, -0.25) is 0 Å². The van der Waals surface area contributed by atoms with Gasteiger partial charge in [-0.15, -0.1) is 0 Å². The zero-order valence-corrected chi connectivity index (χ0v) is 18.3. The lowest BCUT2D eigenvalue weighted by Gasteiger charge is -2.47. The molecule has 2 atom stereocenters. The van der Waals surface area contributed by atoms with Crippen molar-refractivity contribution >= 4 is 0 Å². The highest BCUT2D eigenvalue weighted by Crippen LogP contribution is 2.47. The molecule has 0 amide bonds. The fraction of sp³-hybridized carbons (Fsp3) is 0.250. The van der Waals surface area contributed by atoms with Gasteiger partial charge in [0, 0.05) is 11.1 Å². The van der Waals surface area contributed by atoms with E-state index in [-0.39, 0.29) is 12.2 Å². The number of hydrogen-bond donors (Lipinski definition) is 3. The Kier molecular flexibility index (Phi) is 5.52. The van der Waals surface area contributed by atoms with Crippen molar-refractivity contribution in [1.82, 2.24) is 4.98 Å². The van der Waals surface area contributed by atoms with Crippen molar-refractivity contribution in [1.29, 1.82) is 0 Å². The molecule has 1 aliphatic carbocycles. The van der Waals surface area contributed by atoms with Gasteiger partial charge in [0.2, 0.25) is 0 Å². The summed E-state index contributed by atoms with van der Waals surface area (Å²) in [4.78, 5) is 4.79. The van der Waals surface area contributed by atoms with Crippen LogP contribution in [0.2, 0.25) is 0 Å². The van der Waals surface area contributed by atoms with Crippen LogP contribution >= 0.6 is 0 Å². The van der Waals surface area contributed by atoms with Crippen LogP contribution in [0.5, 0.6) is 5.75 Å². The van der Waals surface area contributed by atoms with Crippen LogP contribution in [0.1, 0.15) is 37.1 Å². The summed E-state index contributed by atoms with van der Waals surface area (Å²) in [5.74, 6) is 1.07. The Bertz CT molecular complexity index is 1180. The molecule has 168 valence electrons. The van der Waals surface area contributed by atoms with Crippen LogP contribution < -0.4 is 0 Å². The molecule has 0 saturated heterocycles. The normalized spacial score (nSPS) is 22.8. The number of nitrogens with zero attached hydrogens (tertiary/aromatic N) is 1. The second-order valence-electron chi connectivity index (χ2n) is 8.84. The Morgan fingerprint density at radius 3 is 2.15 bits per heavy atom. The Hall–Kier alpha value is -3.41. The highest BCUT2D eigenvalue weighted by molar-refractivity contribution is 5.76. The van der Waals surface area contributed by atoms with Crippen LogP contribution in [0.15, 0.2) is 89.3 Å². The number of aromatic hydroxyl groups is 1. The minimum Gasteiger partial charge on any atom is -0.508 e. The summed E-state index contributed by atoms with van der Waals surface area (Å²) in [7, 11) is 0. The van der Waals surface area contributed by atoms with Crippen LogP contribution in [0, 0.1) is 0 Å². The number of hydrogen-bond acceptors (Lipinski definition) is 5. The molecule has 1 aromatic heterocycles. The number of aliphatic hydroxyl groups is 2. The van der Waals surface area contributed by atoms with Crippen molar-refractivity contribution in [3.8, 4) is 28.3 Å². The van der Waals surface area contributed by atoms with Crippen molar-refractivity contribution in [3.63, 3.8) is 0 Å². The third kappa shape index (κ3) is 3.94. The van der Waals surface area contributed by atoms with Gasteiger partial charge in [-0.05, 0) is 30.5 Å². The van der Waals surface area contributed by atoms with Gasteiger partial charge in [0.1, 0.15) is 22.6 Å². The van der Waals surface area contributed by atoms with Gasteiger partial charge >= 0.3 is 0 Å². The van der Waals surface area contributed by atoms with E-state index in [9.17, 15) is 15.3 Å². The zero-order chi connectivity index (χ0) is 22.9.